The van der Waals surface area contributed by atoms with E-state index < -0.39 is 5.97 Å². The molecule has 2 aliphatic carbocycles. The van der Waals surface area contributed by atoms with Crippen LogP contribution in [0, 0.1) is 17.8 Å². The Kier molecular flexibility index (Phi) is 7.17. The van der Waals surface area contributed by atoms with E-state index in [0.717, 1.165) is 37.7 Å². The number of aliphatic carboxylic acids is 1. The van der Waals surface area contributed by atoms with Crippen molar-refractivity contribution in [1.29, 1.82) is 0 Å². The van der Waals surface area contributed by atoms with E-state index in [1.54, 1.807) is 6.92 Å². The molecule has 0 aliphatic heterocycles. The molecule has 0 unspecified atom stereocenters. The molecule has 5 atom stereocenters. The lowest BCUT2D eigenvalue weighted by atomic mass is 9.73. The average Bonchev–Trinajstić information content (AvgIpc) is 2.98. The molecular formula is C23H32O6. The molecule has 2 N–H and O–H groups in total. The molecule has 0 aromatic heterocycles. The lowest BCUT2D eigenvalue weighted by molar-refractivity contribution is -0.151. The van der Waals surface area contributed by atoms with Crippen LogP contribution < -0.4 is 4.74 Å². The Hall–Kier alpha value is -2.08. The van der Waals surface area contributed by atoms with Crippen molar-refractivity contribution < 1.29 is 29.3 Å². The van der Waals surface area contributed by atoms with Gasteiger partial charge in [-0.25, -0.2) is 4.79 Å². The number of esters is 1. The minimum Gasteiger partial charge on any atom is -0.482 e. The summed E-state index contributed by atoms with van der Waals surface area (Å²) in [5.41, 5.74) is 2.28. The van der Waals surface area contributed by atoms with E-state index in [4.69, 9.17) is 14.6 Å². The summed E-state index contributed by atoms with van der Waals surface area (Å²) in [5, 5.41) is 18.7. The largest absolute Gasteiger partial charge is 0.482 e. The standard InChI is InChI=1S/C23H32O6/c1-3-5-23(27)29-21-12-16-11-19-15(6-4-7-20(19)28-13-22(25)26)10-18(16)17(21)9-8-14(2)24/h4,6-7,14,16-18,21,24H,3,5,8-13H2,1-2H3,(H,25,26)/t14-,16-,17+,18-,21+/m0/s1. The summed E-state index contributed by atoms with van der Waals surface area (Å²) >= 11 is 0. The van der Waals surface area contributed by atoms with Crippen molar-refractivity contribution >= 4 is 11.9 Å². The summed E-state index contributed by atoms with van der Waals surface area (Å²) in [4.78, 5) is 23.1. The Morgan fingerprint density at radius 3 is 2.76 bits per heavy atom. The van der Waals surface area contributed by atoms with Gasteiger partial charge in [0.15, 0.2) is 6.61 Å². The molecule has 160 valence electrons. The monoisotopic (exact) mass is 404 g/mol. The van der Waals surface area contributed by atoms with Crippen LogP contribution in [0.3, 0.4) is 0 Å². The highest BCUT2D eigenvalue weighted by atomic mass is 16.5. The first kappa shape index (κ1) is 21.6. The Morgan fingerprint density at radius 2 is 2.07 bits per heavy atom. The fourth-order valence-corrected chi connectivity index (χ4v) is 5.05. The number of rotatable bonds is 9. The Morgan fingerprint density at radius 1 is 1.28 bits per heavy atom. The first-order valence-electron chi connectivity index (χ1n) is 10.7. The van der Waals surface area contributed by atoms with E-state index in [9.17, 15) is 14.7 Å². The molecule has 2 aliphatic rings. The van der Waals surface area contributed by atoms with E-state index in [1.807, 2.05) is 19.1 Å². The summed E-state index contributed by atoms with van der Waals surface area (Å²) in [6, 6.07) is 5.83. The van der Waals surface area contributed by atoms with Gasteiger partial charge in [-0.15, -0.1) is 0 Å². The normalized spacial score (nSPS) is 26.3. The summed E-state index contributed by atoms with van der Waals surface area (Å²) in [6.07, 6.45) is 4.76. The number of fused-ring (bicyclic) bond motifs is 2. The van der Waals surface area contributed by atoms with Crippen LogP contribution in [0.1, 0.15) is 57.1 Å². The molecule has 0 amide bonds. The maximum atomic E-state index is 12.2. The van der Waals surface area contributed by atoms with Crippen molar-refractivity contribution in [3.63, 3.8) is 0 Å². The Labute approximate surface area is 172 Å². The Balaban J connectivity index is 1.79. The third-order valence-electron chi connectivity index (χ3n) is 6.33. The number of ether oxygens (including phenoxy) is 2. The smallest absolute Gasteiger partial charge is 0.341 e. The molecule has 1 saturated carbocycles. The zero-order valence-corrected chi connectivity index (χ0v) is 17.3. The fourth-order valence-electron chi connectivity index (χ4n) is 5.05. The van der Waals surface area contributed by atoms with Crippen LogP contribution in [-0.4, -0.2) is 41.0 Å². The molecule has 0 spiro atoms. The molecule has 0 bridgehead atoms. The van der Waals surface area contributed by atoms with Crippen LogP contribution in [0.15, 0.2) is 18.2 Å². The van der Waals surface area contributed by atoms with E-state index in [2.05, 4.69) is 6.07 Å². The number of aliphatic hydroxyl groups excluding tert-OH is 1. The number of benzene rings is 1. The number of carbonyl (C=O) groups excluding carboxylic acids is 1. The number of carbonyl (C=O) groups is 2. The molecule has 6 heteroatoms. The minimum absolute atomic E-state index is 0.111. The maximum absolute atomic E-state index is 12.2. The first-order chi connectivity index (χ1) is 13.9. The van der Waals surface area contributed by atoms with Crippen LogP contribution in [0.5, 0.6) is 5.75 Å². The first-order valence-corrected chi connectivity index (χ1v) is 10.7. The number of hydrogen-bond donors (Lipinski definition) is 2. The van der Waals surface area contributed by atoms with Crippen molar-refractivity contribution in [2.75, 3.05) is 6.61 Å². The van der Waals surface area contributed by atoms with Gasteiger partial charge in [0.05, 0.1) is 6.10 Å². The highest BCUT2D eigenvalue weighted by Crippen LogP contribution is 2.49. The number of carboxylic acids is 1. The van der Waals surface area contributed by atoms with Gasteiger partial charge in [0, 0.05) is 6.42 Å². The predicted octanol–water partition coefficient (Wildman–Crippen LogP) is 3.37. The summed E-state index contributed by atoms with van der Waals surface area (Å²) in [6.45, 7) is 3.42. The average molecular weight is 405 g/mol. The molecule has 29 heavy (non-hydrogen) atoms. The van der Waals surface area contributed by atoms with Crippen molar-refractivity contribution in [3.8, 4) is 5.75 Å². The summed E-state index contributed by atoms with van der Waals surface area (Å²) in [7, 11) is 0. The van der Waals surface area contributed by atoms with Gasteiger partial charge >= 0.3 is 11.9 Å². The van der Waals surface area contributed by atoms with Crippen molar-refractivity contribution in [3.05, 3.63) is 29.3 Å². The highest BCUT2D eigenvalue weighted by molar-refractivity contribution is 5.69. The number of aliphatic hydroxyl groups is 1. The van der Waals surface area contributed by atoms with Gasteiger partial charge in [-0.1, -0.05) is 19.1 Å². The maximum Gasteiger partial charge on any atom is 0.341 e. The molecule has 1 fully saturated rings. The van der Waals surface area contributed by atoms with Crippen molar-refractivity contribution in [2.24, 2.45) is 17.8 Å². The van der Waals surface area contributed by atoms with Crippen LogP contribution in [0.25, 0.3) is 0 Å². The zero-order valence-electron chi connectivity index (χ0n) is 17.3. The highest BCUT2D eigenvalue weighted by Gasteiger charge is 2.47. The Bertz CT molecular complexity index is 728. The summed E-state index contributed by atoms with van der Waals surface area (Å²) in [5.74, 6) is 0.535. The topological polar surface area (TPSA) is 93.1 Å². The lowest BCUT2D eigenvalue weighted by Gasteiger charge is -2.32. The van der Waals surface area contributed by atoms with Crippen LogP contribution in [0.4, 0.5) is 0 Å². The van der Waals surface area contributed by atoms with Crippen LogP contribution in [0.2, 0.25) is 0 Å². The molecule has 3 rings (SSSR count). The zero-order chi connectivity index (χ0) is 21.0. The molecule has 0 saturated heterocycles. The van der Waals surface area contributed by atoms with Gasteiger partial charge in [0.25, 0.3) is 0 Å². The third kappa shape index (κ3) is 5.30. The molecule has 0 radical (unpaired) electrons. The van der Waals surface area contributed by atoms with Gasteiger partial charge in [0.2, 0.25) is 0 Å². The van der Waals surface area contributed by atoms with E-state index in [1.165, 1.54) is 5.56 Å². The van der Waals surface area contributed by atoms with Gasteiger partial charge < -0.3 is 19.7 Å². The van der Waals surface area contributed by atoms with Crippen LogP contribution in [-0.2, 0) is 27.2 Å². The van der Waals surface area contributed by atoms with Crippen molar-refractivity contribution in [2.45, 2.75) is 71.0 Å². The minimum atomic E-state index is -0.988. The molecule has 0 heterocycles. The quantitative estimate of drug-likeness (QED) is 0.613. The second-order valence-electron chi connectivity index (χ2n) is 8.51. The van der Waals surface area contributed by atoms with E-state index in [0.29, 0.717) is 30.4 Å². The third-order valence-corrected chi connectivity index (χ3v) is 6.33. The number of carboxylic acid groups (broad SMARTS) is 1. The van der Waals surface area contributed by atoms with Gasteiger partial charge in [0.1, 0.15) is 11.9 Å². The second-order valence-corrected chi connectivity index (χ2v) is 8.51. The van der Waals surface area contributed by atoms with Crippen LogP contribution >= 0.6 is 0 Å². The lowest BCUT2D eigenvalue weighted by Crippen LogP contribution is -2.29. The van der Waals surface area contributed by atoms with E-state index >= 15 is 0 Å². The van der Waals surface area contributed by atoms with E-state index in [-0.39, 0.29) is 30.7 Å². The van der Waals surface area contributed by atoms with Crippen molar-refractivity contribution in [1.82, 2.24) is 0 Å². The SMILES string of the molecule is CCCC(=O)O[C@@H]1C[C@@H]2Cc3c(cccc3OCC(=O)O)C[C@@H]2[C@H]1CC[C@H](C)O. The van der Waals surface area contributed by atoms with Gasteiger partial charge in [-0.3, -0.25) is 4.79 Å². The molecule has 1 aromatic rings. The number of hydrogen-bond acceptors (Lipinski definition) is 5. The van der Waals surface area contributed by atoms with Gasteiger partial charge in [-0.2, -0.15) is 0 Å². The molecular weight excluding hydrogens is 372 g/mol. The second kappa shape index (κ2) is 9.61. The van der Waals surface area contributed by atoms with Gasteiger partial charge in [-0.05, 0) is 80.4 Å². The predicted molar refractivity (Wildman–Crippen MR) is 108 cm³/mol. The molecule has 6 nitrogen and oxygen atoms in total. The molecule has 1 aromatic carbocycles. The summed E-state index contributed by atoms with van der Waals surface area (Å²) < 4.78 is 11.4. The fraction of sp³-hybridized carbons (Fsp3) is 0.652.